The highest BCUT2D eigenvalue weighted by Crippen LogP contribution is 2.12. The van der Waals surface area contributed by atoms with E-state index in [1.165, 1.54) is 0 Å². The second-order valence-corrected chi connectivity index (χ2v) is 3.45. The molecule has 0 aromatic rings. The van der Waals surface area contributed by atoms with Gasteiger partial charge in [-0.25, -0.2) is 0 Å². The third kappa shape index (κ3) is 1.95. The van der Waals surface area contributed by atoms with E-state index in [2.05, 4.69) is 5.32 Å². The van der Waals surface area contributed by atoms with Crippen molar-refractivity contribution in [3.63, 3.8) is 0 Å². The van der Waals surface area contributed by atoms with E-state index in [1.807, 2.05) is 0 Å². The first-order valence-electron chi connectivity index (χ1n) is 4.25. The molecule has 0 saturated carbocycles. The third-order valence-corrected chi connectivity index (χ3v) is 2.29. The SMILES string of the molecule is CN(C)C(C(=O)O)C1CCCN1. The fourth-order valence-corrected chi connectivity index (χ4v) is 1.73. The fourth-order valence-electron chi connectivity index (χ4n) is 1.73. The van der Waals surface area contributed by atoms with Crippen molar-refractivity contribution in [1.29, 1.82) is 0 Å². The average molecular weight is 172 g/mol. The maximum atomic E-state index is 10.8. The molecule has 12 heavy (non-hydrogen) atoms. The molecule has 70 valence electrons. The van der Waals surface area contributed by atoms with Gasteiger partial charge in [0.05, 0.1) is 0 Å². The molecule has 0 aromatic heterocycles. The first kappa shape index (κ1) is 9.48. The molecule has 0 radical (unpaired) electrons. The van der Waals surface area contributed by atoms with Crippen molar-refractivity contribution in [2.24, 2.45) is 0 Å². The van der Waals surface area contributed by atoms with Gasteiger partial charge in [-0.15, -0.1) is 0 Å². The van der Waals surface area contributed by atoms with Crippen LogP contribution in [0.4, 0.5) is 0 Å². The summed E-state index contributed by atoms with van der Waals surface area (Å²) in [4.78, 5) is 12.6. The highest BCUT2D eigenvalue weighted by atomic mass is 16.4. The minimum absolute atomic E-state index is 0.123. The maximum Gasteiger partial charge on any atom is 0.322 e. The molecule has 0 spiro atoms. The van der Waals surface area contributed by atoms with E-state index in [1.54, 1.807) is 19.0 Å². The fraction of sp³-hybridized carbons (Fsp3) is 0.875. The van der Waals surface area contributed by atoms with Crippen LogP contribution in [0, 0.1) is 0 Å². The summed E-state index contributed by atoms with van der Waals surface area (Å²) in [7, 11) is 3.61. The van der Waals surface area contributed by atoms with Crippen LogP contribution >= 0.6 is 0 Å². The van der Waals surface area contributed by atoms with Gasteiger partial charge in [0.1, 0.15) is 6.04 Å². The van der Waals surface area contributed by atoms with Gasteiger partial charge in [0.2, 0.25) is 0 Å². The van der Waals surface area contributed by atoms with Gasteiger partial charge < -0.3 is 10.4 Å². The Balaban J connectivity index is 2.58. The van der Waals surface area contributed by atoms with Crippen molar-refractivity contribution in [2.45, 2.75) is 24.9 Å². The van der Waals surface area contributed by atoms with Gasteiger partial charge in [-0.2, -0.15) is 0 Å². The lowest BCUT2D eigenvalue weighted by molar-refractivity contribution is -0.143. The van der Waals surface area contributed by atoms with Gasteiger partial charge in [-0.3, -0.25) is 9.69 Å². The summed E-state index contributed by atoms with van der Waals surface area (Å²) < 4.78 is 0. The predicted octanol–water partition coefficient (Wildman–Crippen LogP) is -0.247. The number of carboxylic acids is 1. The Bertz CT molecular complexity index is 164. The second-order valence-electron chi connectivity index (χ2n) is 3.45. The molecule has 1 saturated heterocycles. The predicted molar refractivity (Wildman–Crippen MR) is 46.1 cm³/mol. The Kier molecular flexibility index (Phi) is 3.05. The number of rotatable bonds is 3. The summed E-state index contributed by atoms with van der Waals surface area (Å²) in [5.74, 6) is -0.737. The van der Waals surface area contributed by atoms with E-state index in [4.69, 9.17) is 5.11 Å². The summed E-state index contributed by atoms with van der Waals surface area (Å²) in [6.07, 6.45) is 2.05. The molecule has 0 bridgehead atoms. The van der Waals surface area contributed by atoms with Crippen LogP contribution in [0.15, 0.2) is 0 Å². The summed E-state index contributed by atoms with van der Waals surface area (Å²) in [6, 6.07) is -0.259. The van der Waals surface area contributed by atoms with Crippen molar-refractivity contribution in [2.75, 3.05) is 20.6 Å². The summed E-state index contributed by atoms with van der Waals surface area (Å²) >= 11 is 0. The van der Waals surface area contributed by atoms with Crippen molar-refractivity contribution < 1.29 is 9.90 Å². The quantitative estimate of drug-likeness (QED) is 0.616. The molecule has 2 N–H and O–H groups in total. The van der Waals surface area contributed by atoms with E-state index in [9.17, 15) is 4.79 Å². The van der Waals surface area contributed by atoms with Crippen LogP contribution in [-0.2, 0) is 4.79 Å². The smallest absolute Gasteiger partial charge is 0.322 e. The van der Waals surface area contributed by atoms with Gasteiger partial charge in [-0.05, 0) is 33.5 Å². The van der Waals surface area contributed by atoms with Gasteiger partial charge >= 0.3 is 5.97 Å². The van der Waals surface area contributed by atoms with Gasteiger partial charge in [0.25, 0.3) is 0 Å². The molecule has 2 atom stereocenters. The minimum Gasteiger partial charge on any atom is -0.480 e. The standard InChI is InChI=1S/C8H16N2O2/c1-10(2)7(8(11)12)6-4-3-5-9-6/h6-7,9H,3-5H2,1-2H3,(H,11,12). The van der Waals surface area contributed by atoms with Gasteiger partial charge in [0.15, 0.2) is 0 Å². The molecular weight excluding hydrogens is 156 g/mol. The number of hydrogen-bond donors (Lipinski definition) is 2. The highest BCUT2D eigenvalue weighted by Gasteiger charge is 2.31. The lowest BCUT2D eigenvalue weighted by atomic mass is 10.1. The average Bonchev–Trinajstić information content (AvgIpc) is 2.37. The van der Waals surface area contributed by atoms with Crippen LogP contribution < -0.4 is 5.32 Å². The highest BCUT2D eigenvalue weighted by molar-refractivity contribution is 5.74. The third-order valence-electron chi connectivity index (χ3n) is 2.29. The molecule has 4 nitrogen and oxygen atoms in total. The largest absolute Gasteiger partial charge is 0.480 e. The Morgan fingerprint density at radius 2 is 2.33 bits per heavy atom. The van der Waals surface area contributed by atoms with Crippen LogP contribution in [-0.4, -0.2) is 48.7 Å². The number of hydrogen-bond acceptors (Lipinski definition) is 3. The van der Waals surface area contributed by atoms with Crippen molar-refractivity contribution >= 4 is 5.97 Å². The molecule has 2 unspecified atom stereocenters. The van der Waals surface area contributed by atoms with Crippen LogP contribution in [0.5, 0.6) is 0 Å². The molecule has 1 heterocycles. The van der Waals surface area contributed by atoms with E-state index >= 15 is 0 Å². The molecule has 1 rings (SSSR count). The first-order valence-corrected chi connectivity index (χ1v) is 4.25. The molecule has 0 aromatic carbocycles. The van der Waals surface area contributed by atoms with Crippen molar-refractivity contribution in [3.05, 3.63) is 0 Å². The number of aliphatic carboxylic acids is 1. The molecule has 0 aliphatic carbocycles. The number of likely N-dealkylation sites (N-methyl/N-ethyl adjacent to an activating group) is 1. The summed E-state index contributed by atoms with van der Waals surface area (Å²) in [5, 5.41) is 12.1. The summed E-state index contributed by atoms with van der Waals surface area (Å²) in [5.41, 5.74) is 0. The molecule has 0 amide bonds. The molecule has 1 aliphatic heterocycles. The van der Waals surface area contributed by atoms with Crippen LogP contribution in [0.3, 0.4) is 0 Å². The maximum absolute atomic E-state index is 10.8. The number of nitrogens with one attached hydrogen (secondary N) is 1. The zero-order valence-electron chi connectivity index (χ0n) is 7.58. The Morgan fingerprint density at radius 1 is 1.67 bits per heavy atom. The number of carbonyl (C=O) groups is 1. The molecule has 1 fully saturated rings. The second kappa shape index (κ2) is 3.87. The Labute approximate surface area is 72.6 Å². The van der Waals surface area contributed by atoms with E-state index in [0.29, 0.717) is 0 Å². The van der Waals surface area contributed by atoms with Crippen molar-refractivity contribution in [3.8, 4) is 0 Å². The van der Waals surface area contributed by atoms with Crippen LogP contribution in [0.2, 0.25) is 0 Å². The van der Waals surface area contributed by atoms with Crippen LogP contribution in [0.1, 0.15) is 12.8 Å². The van der Waals surface area contributed by atoms with Crippen LogP contribution in [0.25, 0.3) is 0 Å². The summed E-state index contributed by atoms with van der Waals surface area (Å²) in [6.45, 7) is 0.947. The van der Waals surface area contributed by atoms with E-state index in [-0.39, 0.29) is 12.1 Å². The number of carboxylic acid groups (broad SMARTS) is 1. The normalized spacial score (nSPS) is 26.1. The lowest BCUT2D eigenvalue weighted by Gasteiger charge is -2.25. The van der Waals surface area contributed by atoms with Gasteiger partial charge in [-0.1, -0.05) is 0 Å². The monoisotopic (exact) mass is 172 g/mol. The van der Waals surface area contributed by atoms with Crippen molar-refractivity contribution in [1.82, 2.24) is 10.2 Å². The topological polar surface area (TPSA) is 52.6 Å². The lowest BCUT2D eigenvalue weighted by Crippen LogP contribution is -2.49. The zero-order chi connectivity index (χ0) is 9.14. The Morgan fingerprint density at radius 3 is 2.67 bits per heavy atom. The minimum atomic E-state index is -0.737. The molecule has 1 aliphatic rings. The number of nitrogens with zero attached hydrogens (tertiary/aromatic N) is 1. The molecular formula is C8H16N2O2. The van der Waals surface area contributed by atoms with Gasteiger partial charge in [0, 0.05) is 6.04 Å². The van der Waals surface area contributed by atoms with E-state index < -0.39 is 5.97 Å². The zero-order valence-corrected chi connectivity index (χ0v) is 7.58. The first-order chi connectivity index (χ1) is 5.63. The van der Waals surface area contributed by atoms with E-state index in [0.717, 1.165) is 19.4 Å². The molecule has 4 heteroatoms. The Hall–Kier alpha value is -0.610.